The van der Waals surface area contributed by atoms with Crippen LogP contribution in [0, 0.1) is 0 Å². The maximum Gasteiger partial charge on any atom is 0.262 e. The third-order valence-electron chi connectivity index (χ3n) is 4.16. The van der Waals surface area contributed by atoms with E-state index in [0.29, 0.717) is 29.2 Å². The summed E-state index contributed by atoms with van der Waals surface area (Å²) in [5.74, 6) is -0.833. The standard InChI is InChI=1S/C21H21N3O4S/c1-28-12-11-24-20(27)16-9-5-6-10-17(16)22-21(24)29-14-19(26)23-18(25)13-15-7-3-2-4-8-15/h2-10H,11-14H2,1H3,(H,23,25,26). The third-order valence-corrected chi connectivity index (χ3v) is 5.14. The molecule has 0 spiro atoms. The zero-order valence-corrected chi connectivity index (χ0v) is 16.8. The minimum atomic E-state index is -0.434. The van der Waals surface area contributed by atoms with Crippen LogP contribution < -0.4 is 10.9 Å². The van der Waals surface area contributed by atoms with Gasteiger partial charge in [0.2, 0.25) is 11.8 Å². The minimum Gasteiger partial charge on any atom is -0.383 e. The summed E-state index contributed by atoms with van der Waals surface area (Å²) in [6.45, 7) is 0.666. The van der Waals surface area contributed by atoms with Crippen LogP contribution in [0.2, 0.25) is 0 Å². The summed E-state index contributed by atoms with van der Waals surface area (Å²) in [5, 5.41) is 3.30. The molecular formula is C21H21N3O4S. The molecule has 0 unspecified atom stereocenters. The first-order chi connectivity index (χ1) is 14.1. The highest BCUT2D eigenvalue weighted by molar-refractivity contribution is 7.99. The lowest BCUT2D eigenvalue weighted by Gasteiger charge is -2.12. The number of thioether (sulfide) groups is 1. The molecule has 0 aliphatic rings. The Morgan fingerprint density at radius 2 is 1.79 bits per heavy atom. The topological polar surface area (TPSA) is 90.3 Å². The summed E-state index contributed by atoms with van der Waals surface area (Å²) >= 11 is 1.11. The van der Waals surface area contributed by atoms with Crippen molar-refractivity contribution in [3.05, 3.63) is 70.5 Å². The minimum absolute atomic E-state index is 0.0295. The van der Waals surface area contributed by atoms with Crippen LogP contribution in [-0.4, -0.2) is 40.8 Å². The molecule has 8 heteroatoms. The van der Waals surface area contributed by atoms with Crippen molar-refractivity contribution in [3.8, 4) is 0 Å². The van der Waals surface area contributed by atoms with Crippen LogP contribution in [0.15, 0.2) is 64.5 Å². The van der Waals surface area contributed by atoms with E-state index in [0.717, 1.165) is 17.3 Å². The van der Waals surface area contributed by atoms with Crippen molar-refractivity contribution in [2.45, 2.75) is 18.1 Å². The predicted octanol–water partition coefficient (Wildman–Crippen LogP) is 2.02. The van der Waals surface area contributed by atoms with E-state index in [4.69, 9.17) is 4.74 Å². The summed E-state index contributed by atoms with van der Waals surface area (Å²) in [6.07, 6.45) is 0.129. The van der Waals surface area contributed by atoms with Crippen LogP contribution in [0.4, 0.5) is 0 Å². The molecule has 29 heavy (non-hydrogen) atoms. The van der Waals surface area contributed by atoms with E-state index >= 15 is 0 Å². The zero-order valence-electron chi connectivity index (χ0n) is 16.0. The number of carbonyl (C=O) groups excluding carboxylic acids is 2. The van der Waals surface area contributed by atoms with Crippen LogP contribution in [0.5, 0.6) is 0 Å². The van der Waals surface area contributed by atoms with Crippen molar-refractivity contribution in [1.29, 1.82) is 0 Å². The van der Waals surface area contributed by atoms with E-state index in [1.807, 2.05) is 30.3 Å². The molecule has 7 nitrogen and oxygen atoms in total. The number of hydrogen-bond acceptors (Lipinski definition) is 6. The highest BCUT2D eigenvalue weighted by atomic mass is 32.2. The molecule has 3 aromatic rings. The van der Waals surface area contributed by atoms with Crippen LogP contribution in [0.25, 0.3) is 10.9 Å². The lowest BCUT2D eigenvalue weighted by atomic mass is 10.1. The number of nitrogens with one attached hydrogen (secondary N) is 1. The van der Waals surface area contributed by atoms with Crippen LogP contribution >= 0.6 is 11.8 Å². The second-order valence-corrected chi connectivity index (χ2v) is 7.23. The Balaban J connectivity index is 1.69. The zero-order chi connectivity index (χ0) is 20.6. The number of fused-ring (bicyclic) bond motifs is 1. The third kappa shape index (κ3) is 5.52. The molecular weight excluding hydrogens is 390 g/mol. The average Bonchev–Trinajstić information content (AvgIpc) is 2.72. The molecule has 0 radical (unpaired) electrons. The Bertz CT molecular complexity index is 1070. The van der Waals surface area contributed by atoms with Gasteiger partial charge >= 0.3 is 0 Å². The van der Waals surface area contributed by atoms with Gasteiger partial charge in [-0.15, -0.1) is 0 Å². The molecule has 1 heterocycles. The Morgan fingerprint density at radius 3 is 2.55 bits per heavy atom. The molecule has 150 valence electrons. The molecule has 0 aliphatic heterocycles. The first kappa shape index (κ1) is 20.8. The summed E-state index contributed by atoms with van der Waals surface area (Å²) in [5.41, 5.74) is 1.21. The summed E-state index contributed by atoms with van der Waals surface area (Å²) < 4.78 is 6.58. The molecule has 2 aromatic carbocycles. The van der Waals surface area contributed by atoms with Gasteiger partial charge in [-0.25, -0.2) is 4.98 Å². The van der Waals surface area contributed by atoms with E-state index < -0.39 is 5.91 Å². The second-order valence-electron chi connectivity index (χ2n) is 6.28. The number of nitrogens with zero attached hydrogens (tertiary/aromatic N) is 2. The first-order valence-corrected chi connectivity index (χ1v) is 10.0. The number of benzene rings is 2. The van der Waals surface area contributed by atoms with Gasteiger partial charge < -0.3 is 4.74 Å². The SMILES string of the molecule is COCCn1c(SCC(=O)NC(=O)Cc2ccccc2)nc2ccccc2c1=O. The molecule has 0 saturated carbocycles. The molecule has 0 bridgehead atoms. The average molecular weight is 411 g/mol. The number of imide groups is 1. The number of hydrogen-bond donors (Lipinski definition) is 1. The normalized spacial score (nSPS) is 10.8. The number of rotatable bonds is 8. The van der Waals surface area contributed by atoms with Crippen LogP contribution in [0.1, 0.15) is 5.56 Å². The number of methoxy groups -OCH3 is 1. The van der Waals surface area contributed by atoms with Crippen LogP contribution in [-0.2, 0) is 27.3 Å². The molecule has 1 aromatic heterocycles. The van der Waals surface area contributed by atoms with Gasteiger partial charge in [0.15, 0.2) is 5.16 Å². The summed E-state index contributed by atoms with van der Waals surface area (Å²) in [4.78, 5) is 41.5. The molecule has 0 saturated heterocycles. The molecule has 1 N–H and O–H groups in total. The molecule has 0 atom stereocenters. The maximum absolute atomic E-state index is 12.8. The van der Waals surface area contributed by atoms with E-state index in [1.165, 1.54) is 4.57 Å². The van der Waals surface area contributed by atoms with Gasteiger partial charge in [-0.2, -0.15) is 0 Å². The van der Waals surface area contributed by atoms with Gasteiger partial charge in [0.05, 0.1) is 36.2 Å². The first-order valence-electron chi connectivity index (χ1n) is 9.06. The Morgan fingerprint density at radius 1 is 1.07 bits per heavy atom. The van der Waals surface area contributed by atoms with Crippen molar-refractivity contribution >= 4 is 34.5 Å². The van der Waals surface area contributed by atoms with Crippen molar-refractivity contribution in [1.82, 2.24) is 14.9 Å². The Hall–Kier alpha value is -2.97. The highest BCUT2D eigenvalue weighted by Gasteiger charge is 2.14. The number of ether oxygens (including phenoxy) is 1. The fourth-order valence-electron chi connectivity index (χ4n) is 2.78. The van der Waals surface area contributed by atoms with E-state index in [-0.39, 0.29) is 23.6 Å². The number of amides is 2. The second kappa shape index (κ2) is 9.99. The molecule has 0 aliphatic carbocycles. The van der Waals surface area contributed by atoms with Crippen molar-refractivity contribution in [3.63, 3.8) is 0 Å². The van der Waals surface area contributed by atoms with Gasteiger partial charge in [-0.05, 0) is 17.7 Å². The Kier molecular flexibility index (Phi) is 7.15. The van der Waals surface area contributed by atoms with Gasteiger partial charge in [0, 0.05) is 7.11 Å². The fourth-order valence-corrected chi connectivity index (χ4v) is 3.61. The number of carbonyl (C=O) groups is 2. The maximum atomic E-state index is 12.8. The molecule has 0 fully saturated rings. The number of aromatic nitrogens is 2. The van der Waals surface area contributed by atoms with Gasteiger partial charge in [0.1, 0.15) is 0 Å². The van der Waals surface area contributed by atoms with E-state index in [2.05, 4.69) is 10.3 Å². The quantitative estimate of drug-likeness (QED) is 0.451. The lowest BCUT2D eigenvalue weighted by molar-refractivity contribution is -0.128. The smallest absolute Gasteiger partial charge is 0.262 e. The number of para-hydroxylation sites is 1. The lowest BCUT2D eigenvalue weighted by Crippen LogP contribution is -2.33. The van der Waals surface area contributed by atoms with Gasteiger partial charge in [-0.3, -0.25) is 24.3 Å². The largest absolute Gasteiger partial charge is 0.383 e. The van der Waals surface area contributed by atoms with Crippen molar-refractivity contribution in [2.75, 3.05) is 19.5 Å². The van der Waals surface area contributed by atoms with Gasteiger partial charge in [-0.1, -0.05) is 54.2 Å². The molecule has 3 rings (SSSR count). The van der Waals surface area contributed by atoms with Crippen molar-refractivity contribution in [2.24, 2.45) is 0 Å². The Labute approximate surface area is 172 Å². The molecule has 2 amide bonds. The highest BCUT2D eigenvalue weighted by Crippen LogP contribution is 2.17. The predicted molar refractivity (Wildman–Crippen MR) is 112 cm³/mol. The van der Waals surface area contributed by atoms with Crippen LogP contribution in [0.3, 0.4) is 0 Å². The van der Waals surface area contributed by atoms with Gasteiger partial charge in [0.25, 0.3) is 5.56 Å². The van der Waals surface area contributed by atoms with Crippen molar-refractivity contribution < 1.29 is 14.3 Å². The summed E-state index contributed by atoms with van der Waals surface area (Å²) in [7, 11) is 1.55. The monoisotopic (exact) mass is 411 g/mol. The van der Waals surface area contributed by atoms with E-state index in [1.54, 1.807) is 31.4 Å². The summed E-state index contributed by atoms with van der Waals surface area (Å²) in [6, 6.07) is 16.3. The fraction of sp³-hybridized carbons (Fsp3) is 0.238. The van der Waals surface area contributed by atoms with E-state index in [9.17, 15) is 14.4 Å².